The van der Waals surface area contributed by atoms with E-state index < -0.39 is 12.2 Å². The molecule has 6 N–H and O–H groups in total. The molecule has 1 unspecified atom stereocenters. The summed E-state index contributed by atoms with van der Waals surface area (Å²) in [5.74, 6) is 0. The number of aromatic nitrogens is 1. The molecular weight excluding hydrogens is 292 g/mol. The quantitative estimate of drug-likeness (QED) is 0.475. The zero-order chi connectivity index (χ0) is 15.0. The molecule has 1 aromatic rings. The van der Waals surface area contributed by atoms with Gasteiger partial charge in [-0.2, -0.15) is 0 Å². The molecule has 0 saturated carbocycles. The minimum absolute atomic E-state index is 0.0902. The van der Waals surface area contributed by atoms with E-state index in [9.17, 15) is 10.2 Å². The van der Waals surface area contributed by atoms with E-state index in [1.807, 2.05) is 0 Å². The number of nitrogens with one attached hydrogen (secondary N) is 2. The third kappa shape index (κ3) is 2.55. The topological polar surface area (TPSA) is 120 Å². The molecule has 0 aliphatic carbocycles. The maximum Gasteiger partial charge on any atom is 0.224 e. The molecular formula is C13H18N4O3S. The summed E-state index contributed by atoms with van der Waals surface area (Å²) in [5.41, 5.74) is 8.38. The zero-order valence-electron chi connectivity index (χ0n) is 11.5. The SMILES string of the molecule is NC1=C(C2=NCC(O)(CO)Cc3c2[nH]oc3=S)CNCC1. The van der Waals surface area contributed by atoms with Crippen LogP contribution in [0.3, 0.4) is 0 Å². The standard InChI is InChI=1S/C13H18N4O3S/c14-9-1-2-15-4-8(9)10-11-7(12(21)20-17-11)3-13(19,6-18)5-16-10/h15,17-19H,1-6,14H2. The molecule has 0 spiro atoms. The molecule has 0 saturated heterocycles. The van der Waals surface area contributed by atoms with E-state index in [0.29, 0.717) is 23.5 Å². The highest BCUT2D eigenvalue weighted by Gasteiger charge is 2.34. The minimum Gasteiger partial charge on any atom is -0.402 e. The smallest absolute Gasteiger partial charge is 0.224 e. The second-order valence-corrected chi connectivity index (χ2v) is 5.87. The summed E-state index contributed by atoms with van der Waals surface area (Å²) < 4.78 is 5.47. The predicted molar refractivity (Wildman–Crippen MR) is 79.7 cm³/mol. The van der Waals surface area contributed by atoms with Crippen LogP contribution in [0.2, 0.25) is 0 Å². The van der Waals surface area contributed by atoms with Crippen LogP contribution in [0, 0.1) is 4.71 Å². The van der Waals surface area contributed by atoms with Crippen molar-refractivity contribution in [2.45, 2.75) is 18.4 Å². The van der Waals surface area contributed by atoms with E-state index in [-0.39, 0.29) is 17.7 Å². The van der Waals surface area contributed by atoms with Crippen LogP contribution < -0.4 is 11.1 Å². The lowest BCUT2D eigenvalue weighted by Gasteiger charge is -2.21. The van der Waals surface area contributed by atoms with E-state index in [2.05, 4.69) is 15.5 Å². The number of hydrogen-bond acceptors (Lipinski definition) is 7. The first-order chi connectivity index (χ1) is 10.0. The molecule has 7 nitrogen and oxygen atoms in total. The van der Waals surface area contributed by atoms with Crippen LogP contribution in [0.4, 0.5) is 0 Å². The lowest BCUT2D eigenvalue weighted by molar-refractivity contribution is -0.00534. The summed E-state index contributed by atoms with van der Waals surface area (Å²) in [6, 6.07) is 0. The average molecular weight is 310 g/mol. The van der Waals surface area contributed by atoms with Gasteiger partial charge in [-0.15, -0.1) is 0 Å². The van der Waals surface area contributed by atoms with Gasteiger partial charge >= 0.3 is 0 Å². The molecule has 1 aromatic heterocycles. The van der Waals surface area contributed by atoms with Crippen molar-refractivity contribution in [2.24, 2.45) is 10.7 Å². The number of aromatic amines is 1. The van der Waals surface area contributed by atoms with Gasteiger partial charge in [0.05, 0.1) is 18.9 Å². The van der Waals surface area contributed by atoms with Crippen molar-refractivity contribution in [3.8, 4) is 0 Å². The molecule has 2 aliphatic rings. The average Bonchev–Trinajstić information content (AvgIpc) is 2.75. The lowest BCUT2D eigenvalue weighted by Crippen LogP contribution is -2.38. The molecule has 3 heterocycles. The molecule has 0 amide bonds. The number of aliphatic hydroxyl groups is 2. The van der Waals surface area contributed by atoms with Crippen LogP contribution >= 0.6 is 12.2 Å². The van der Waals surface area contributed by atoms with Crippen molar-refractivity contribution in [1.29, 1.82) is 0 Å². The first-order valence-electron chi connectivity index (χ1n) is 6.81. The van der Waals surface area contributed by atoms with Gasteiger partial charge in [0.1, 0.15) is 11.3 Å². The summed E-state index contributed by atoms with van der Waals surface area (Å²) in [7, 11) is 0. The molecule has 1 atom stereocenters. The first kappa shape index (κ1) is 14.5. The Bertz CT molecular complexity index is 675. The van der Waals surface area contributed by atoms with Crippen molar-refractivity contribution < 1.29 is 14.7 Å². The second-order valence-electron chi connectivity index (χ2n) is 5.50. The van der Waals surface area contributed by atoms with E-state index in [1.165, 1.54) is 0 Å². The van der Waals surface area contributed by atoms with Gasteiger partial charge in [-0.05, 0) is 18.6 Å². The molecule has 114 valence electrons. The van der Waals surface area contributed by atoms with Gasteiger partial charge in [0.2, 0.25) is 4.71 Å². The minimum atomic E-state index is -1.33. The first-order valence-corrected chi connectivity index (χ1v) is 7.22. The monoisotopic (exact) mass is 310 g/mol. The molecule has 21 heavy (non-hydrogen) atoms. The number of aliphatic imine (C=N–C) groups is 1. The van der Waals surface area contributed by atoms with Crippen molar-refractivity contribution in [3.63, 3.8) is 0 Å². The Morgan fingerprint density at radius 2 is 2.29 bits per heavy atom. The van der Waals surface area contributed by atoms with Crippen LogP contribution in [0.1, 0.15) is 17.7 Å². The van der Waals surface area contributed by atoms with Crippen molar-refractivity contribution >= 4 is 17.9 Å². The molecule has 2 aliphatic heterocycles. The Hall–Kier alpha value is -1.48. The number of nitrogens with zero attached hydrogens (tertiary/aromatic N) is 1. The van der Waals surface area contributed by atoms with Crippen LogP contribution in [0.15, 0.2) is 20.8 Å². The van der Waals surface area contributed by atoms with Crippen LogP contribution in [0.25, 0.3) is 0 Å². The van der Waals surface area contributed by atoms with E-state index >= 15 is 0 Å². The van der Waals surface area contributed by atoms with E-state index in [1.54, 1.807) is 0 Å². The van der Waals surface area contributed by atoms with Crippen molar-refractivity contribution in [3.05, 3.63) is 27.2 Å². The molecule has 0 fully saturated rings. The second kappa shape index (κ2) is 5.38. The van der Waals surface area contributed by atoms with Gasteiger partial charge in [-0.1, -0.05) is 0 Å². The number of rotatable bonds is 2. The third-order valence-corrected chi connectivity index (χ3v) is 4.24. The van der Waals surface area contributed by atoms with Gasteiger partial charge in [0.15, 0.2) is 0 Å². The van der Waals surface area contributed by atoms with E-state index in [0.717, 1.165) is 24.2 Å². The highest BCUT2D eigenvalue weighted by molar-refractivity contribution is 7.71. The van der Waals surface area contributed by atoms with Gasteiger partial charge < -0.3 is 25.8 Å². The number of aliphatic hydroxyl groups excluding tert-OH is 1. The third-order valence-electron chi connectivity index (χ3n) is 3.91. The molecule has 0 bridgehead atoms. The van der Waals surface area contributed by atoms with Crippen LogP contribution in [0.5, 0.6) is 0 Å². The number of hydrogen-bond donors (Lipinski definition) is 5. The summed E-state index contributed by atoms with van der Waals surface area (Å²) in [4.78, 5) is 4.47. The Morgan fingerprint density at radius 3 is 3.00 bits per heavy atom. The highest BCUT2D eigenvalue weighted by atomic mass is 32.1. The predicted octanol–water partition coefficient (Wildman–Crippen LogP) is -0.388. The Morgan fingerprint density at radius 1 is 1.48 bits per heavy atom. The fourth-order valence-corrected chi connectivity index (χ4v) is 2.87. The fourth-order valence-electron chi connectivity index (χ4n) is 2.65. The molecule has 3 rings (SSSR count). The summed E-state index contributed by atoms with van der Waals surface area (Å²) >= 11 is 5.16. The maximum atomic E-state index is 10.4. The number of nitrogens with two attached hydrogens (primary N) is 1. The largest absolute Gasteiger partial charge is 0.402 e. The summed E-state index contributed by atoms with van der Waals surface area (Å²) in [5, 5.41) is 25.9. The summed E-state index contributed by atoms with van der Waals surface area (Å²) in [6.07, 6.45) is 0.935. The number of H-pyrrole nitrogens is 1. The van der Waals surface area contributed by atoms with Crippen LogP contribution in [-0.4, -0.2) is 52.9 Å². The Balaban J connectivity index is 2.14. The molecule has 0 aromatic carbocycles. The van der Waals surface area contributed by atoms with Crippen LogP contribution in [-0.2, 0) is 6.42 Å². The van der Waals surface area contributed by atoms with Gasteiger partial charge in [0, 0.05) is 36.3 Å². The van der Waals surface area contributed by atoms with Gasteiger partial charge in [0.25, 0.3) is 0 Å². The normalized spacial score (nSPS) is 26.3. The van der Waals surface area contributed by atoms with Gasteiger partial charge in [-0.3, -0.25) is 4.99 Å². The number of fused-ring (bicyclic) bond motifs is 1. The van der Waals surface area contributed by atoms with Crippen molar-refractivity contribution in [1.82, 2.24) is 10.5 Å². The van der Waals surface area contributed by atoms with Gasteiger partial charge in [-0.25, -0.2) is 5.16 Å². The fraction of sp³-hybridized carbons (Fsp3) is 0.538. The zero-order valence-corrected chi connectivity index (χ0v) is 12.3. The lowest BCUT2D eigenvalue weighted by atomic mass is 9.94. The maximum absolute atomic E-state index is 10.4. The highest BCUT2D eigenvalue weighted by Crippen LogP contribution is 2.26. The summed E-state index contributed by atoms with van der Waals surface area (Å²) in [6.45, 7) is 1.13. The van der Waals surface area contributed by atoms with Crippen molar-refractivity contribution in [2.75, 3.05) is 26.2 Å². The Labute approximate surface area is 126 Å². The Kier molecular flexibility index (Phi) is 3.70. The molecule has 0 radical (unpaired) electrons. The molecule has 8 heteroatoms. The van der Waals surface area contributed by atoms with E-state index in [4.69, 9.17) is 22.5 Å².